The molecule has 1 aliphatic heterocycles. The average molecular weight is 415 g/mol. The summed E-state index contributed by atoms with van der Waals surface area (Å²) in [6.07, 6.45) is 1.12. The van der Waals surface area contributed by atoms with E-state index in [9.17, 15) is 14.4 Å². The topological polar surface area (TPSA) is 88.1 Å². The number of ketones is 1. The fraction of sp³-hybridized carbons (Fsp3) is 0.864. The zero-order valence-corrected chi connectivity index (χ0v) is 19.0. The Hall–Kier alpha value is -1.47. The maximum atomic E-state index is 12.0. The molecule has 1 fully saturated rings. The first-order chi connectivity index (χ1) is 13.4. The molecule has 29 heavy (non-hydrogen) atoms. The van der Waals surface area contributed by atoms with E-state index in [0.29, 0.717) is 19.4 Å². The first-order valence-electron chi connectivity index (χ1n) is 10.5. The zero-order valence-electron chi connectivity index (χ0n) is 19.0. The van der Waals surface area contributed by atoms with E-state index in [-0.39, 0.29) is 29.6 Å². The van der Waals surface area contributed by atoms with Crippen LogP contribution < -0.4 is 0 Å². The van der Waals surface area contributed by atoms with Crippen LogP contribution in [0.15, 0.2) is 0 Å². The Morgan fingerprint density at radius 2 is 1.62 bits per heavy atom. The lowest BCUT2D eigenvalue weighted by Crippen LogP contribution is -2.53. The standard InChI is InChI=1S/C22H38O7/c1-14-15(2)21(26-11-9-8-10-18(25)12-22(5,6)7)29-19(13-27-16(3)23)20(14)28-17(4)24/h14-15,19-21H,8-13H2,1-7H3. The van der Waals surface area contributed by atoms with E-state index in [1.807, 2.05) is 13.8 Å². The van der Waals surface area contributed by atoms with Gasteiger partial charge in [-0.15, -0.1) is 0 Å². The van der Waals surface area contributed by atoms with Crippen LogP contribution in [-0.2, 0) is 33.3 Å². The van der Waals surface area contributed by atoms with Crippen LogP contribution in [0.5, 0.6) is 0 Å². The highest BCUT2D eigenvalue weighted by atomic mass is 16.7. The maximum Gasteiger partial charge on any atom is 0.303 e. The molecule has 0 bridgehead atoms. The van der Waals surface area contributed by atoms with Gasteiger partial charge in [0, 0.05) is 45.1 Å². The summed E-state index contributed by atoms with van der Waals surface area (Å²) in [6.45, 7) is 13.3. The number of esters is 2. The summed E-state index contributed by atoms with van der Waals surface area (Å²) in [5.41, 5.74) is 0.0184. The van der Waals surface area contributed by atoms with Gasteiger partial charge in [0.2, 0.25) is 0 Å². The van der Waals surface area contributed by atoms with Crippen molar-refractivity contribution in [3.05, 3.63) is 0 Å². The lowest BCUT2D eigenvalue weighted by Gasteiger charge is -2.43. The zero-order chi connectivity index (χ0) is 22.2. The molecule has 1 aliphatic rings. The van der Waals surface area contributed by atoms with E-state index < -0.39 is 30.4 Å². The van der Waals surface area contributed by atoms with Gasteiger partial charge < -0.3 is 18.9 Å². The van der Waals surface area contributed by atoms with Gasteiger partial charge in [-0.3, -0.25) is 14.4 Å². The van der Waals surface area contributed by atoms with Crippen molar-refractivity contribution in [3.8, 4) is 0 Å². The molecule has 0 aromatic rings. The summed E-state index contributed by atoms with van der Waals surface area (Å²) in [5.74, 6) is -0.565. The molecule has 0 saturated carbocycles. The van der Waals surface area contributed by atoms with E-state index in [1.165, 1.54) is 13.8 Å². The summed E-state index contributed by atoms with van der Waals surface area (Å²) in [6, 6.07) is 0. The highest BCUT2D eigenvalue weighted by Gasteiger charge is 2.44. The minimum absolute atomic E-state index is 0.00421. The van der Waals surface area contributed by atoms with Crippen LogP contribution in [0, 0.1) is 17.3 Å². The van der Waals surface area contributed by atoms with E-state index in [1.54, 1.807) is 0 Å². The van der Waals surface area contributed by atoms with Crippen molar-refractivity contribution < 1.29 is 33.3 Å². The highest BCUT2D eigenvalue weighted by molar-refractivity contribution is 5.78. The molecular formula is C22H38O7. The fourth-order valence-corrected chi connectivity index (χ4v) is 3.46. The lowest BCUT2D eigenvalue weighted by molar-refractivity contribution is -0.273. The molecule has 0 amide bonds. The van der Waals surface area contributed by atoms with Crippen molar-refractivity contribution in [3.63, 3.8) is 0 Å². The van der Waals surface area contributed by atoms with Crippen LogP contribution in [0.25, 0.3) is 0 Å². The third kappa shape index (κ3) is 9.72. The predicted octanol–water partition coefficient (Wildman–Crippen LogP) is 3.67. The Morgan fingerprint density at radius 1 is 0.966 bits per heavy atom. The Bertz CT molecular complexity index is 552. The Labute approximate surface area is 174 Å². The number of hydrogen-bond donors (Lipinski definition) is 0. The number of Topliss-reactive ketones (excluding diaryl/α,β-unsaturated/α-hetero) is 1. The number of rotatable bonds is 10. The van der Waals surface area contributed by atoms with Crippen LogP contribution in [0.3, 0.4) is 0 Å². The number of unbranched alkanes of at least 4 members (excludes halogenated alkanes) is 1. The van der Waals surface area contributed by atoms with E-state index in [4.69, 9.17) is 18.9 Å². The van der Waals surface area contributed by atoms with Crippen LogP contribution in [0.2, 0.25) is 0 Å². The van der Waals surface area contributed by atoms with Gasteiger partial charge >= 0.3 is 11.9 Å². The molecule has 0 aliphatic carbocycles. The molecule has 1 heterocycles. The molecule has 0 radical (unpaired) electrons. The second-order valence-corrected chi connectivity index (χ2v) is 9.24. The second kappa shape index (κ2) is 11.6. The van der Waals surface area contributed by atoms with E-state index in [2.05, 4.69) is 20.8 Å². The summed E-state index contributed by atoms with van der Waals surface area (Å²) < 4.78 is 22.4. The van der Waals surface area contributed by atoms with Gasteiger partial charge in [0.1, 0.15) is 24.6 Å². The Kier molecular flexibility index (Phi) is 10.3. The van der Waals surface area contributed by atoms with Crippen molar-refractivity contribution in [2.45, 2.75) is 92.6 Å². The minimum atomic E-state index is -0.577. The number of hydrogen-bond acceptors (Lipinski definition) is 7. The van der Waals surface area contributed by atoms with Gasteiger partial charge in [-0.2, -0.15) is 0 Å². The van der Waals surface area contributed by atoms with E-state index >= 15 is 0 Å². The monoisotopic (exact) mass is 414 g/mol. The molecule has 5 unspecified atom stereocenters. The molecular weight excluding hydrogens is 376 g/mol. The Morgan fingerprint density at radius 3 is 2.17 bits per heavy atom. The van der Waals surface area contributed by atoms with Crippen LogP contribution >= 0.6 is 0 Å². The molecule has 7 heteroatoms. The molecule has 0 aromatic heterocycles. The molecule has 5 atom stereocenters. The quantitative estimate of drug-likeness (QED) is 0.398. The molecule has 7 nitrogen and oxygen atoms in total. The normalized spacial score (nSPS) is 27.3. The molecule has 1 saturated heterocycles. The van der Waals surface area contributed by atoms with Gasteiger partial charge in [-0.25, -0.2) is 0 Å². The third-order valence-corrected chi connectivity index (χ3v) is 5.06. The largest absolute Gasteiger partial charge is 0.463 e. The maximum absolute atomic E-state index is 12.0. The molecule has 0 aromatic carbocycles. The van der Waals surface area contributed by atoms with Gasteiger partial charge in [0.15, 0.2) is 6.29 Å². The first kappa shape index (κ1) is 25.6. The smallest absolute Gasteiger partial charge is 0.303 e. The molecule has 0 N–H and O–H groups in total. The van der Waals surface area contributed by atoms with Crippen molar-refractivity contribution in [1.82, 2.24) is 0 Å². The summed E-state index contributed by atoms with van der Waals surface area (Å²) in [5, 5.41) is 0. The fourth-order valence-electron chi connectivity index (χ4n) is 3.46. The molecule has 168 valence electrons. The third-order valence-electron chi connectivity index (χ3n) is 5.06. The SMILES string of the molecule is CC(=O)OCC1OC(OCCCCC(=O)CC(C)(C)C)C(C)C(C)C1OC(C)=O. The first-order valence-corrected chi connectivity index (χ1v) is 10.5. The number of carbonyl (C=O) groups excluding carboxylic acids is 3. The van der Waals surface area contributed by atoms with Crippen LogP contribution in [0.4, 0.5) is 0 Å². The summed E-state index contributed by atoms with van der Waals surface area (Å²) >= 11 is 0. The minimum Gasteiger partial charge on any atom is -0.463 e. The molecule has 1 rings (SSSR count). The number of carbonyl (C=O) groups is 3. The molecule has 0 spiro atoms. The van der Waals surface area contributed by atoms with Gasteiger partial charge in [0.05, 0.1) is 0 Å². The van der Waals surface area contributed by atoms with Gasteiger partial charge in [0.25, 0.3) is 0 Å². The van der Waals surface area contributed by atoms with Crippen LogP contribution in [0.1, 0.15) is 74.1 Å². The second-order valence-electron chi connectivity index (χ2n) is 9.24. The number of ether oxygens (including phenoxy) is 4. The van der Waals surface area contributed by atoms with Gasteiger partial charge in [-0.1, -0.05) is 34.6 Å². The summed E-state index contributed by atoms with van der Waals surface area (Å²) in [4.78, 5) is 34.6. The van der Waals surface area contributed by atoms with Crippen molar-refractivity contribution >= 4 is 17.7 Å². The van der Waals surface area contributed by atoms with Crippen molar-refractivity contribution in [1.29, 1.82) is 0 Å². The average Bonchev–Trinajstić information content (AvgIpc) is 2.57. The highest BCUT2D eigenvalue weighted by Crippen LogP contribution is 2.33. The van der Waals surface area contributed by atoms with Crippen molar-refractivity contribution in [2.75, 3.05) is 13.2 Å². The Balaban J connectivity index is 2.53. The van der Waals surface area contributed by atoms with E-state index in [0.717, 1.165) is 12.8 Å². The summed E-state index contributed by atoms with van der Waals surface area (Å²) in [7, 11) is 0. The van der Waals surface area contributed by atoms with Crippen molar-refractivity contribution in [2.24, 2.45) is 17.3 Å². The van der Waals surface area contributed by atoms with Crippen LogP contribution in [-0.4, -0.2) is 49.4 Å². The van der Waals surface area contributed by atoms with Gasteiger partial charge in [-0.05, 0) is 18.3 Å². The predicted molar refractivity (Wildman–Crippen MR) is 108 cm³/mol. The lowest BCUT2D eigenvalue weighted by atomic mass is 9.84.